The fourth-order valence-electron chi connectivity index (χ4n) is 2.71. The van der Waals surface area contributed by atoms with E-state index in [0.29, 0.717) is 12.2 Å². The van der Waals surface area contributed by atoms with Crippen molar-refractivity contribution in [1.82, 2.24) is 10.0 Å². The van der Waals surface area contributed by atoms with Gasteiger partial charge in [-0.2, -0.15) is 0 Å². The number of carbonyl (C=O) groups excluding carboxylic acids is 1. The van der Waals surface area contributed by atoms with Crippen LogP contribution in [0.3, 0.4) is 0 Å². The third-order valence-electron chi connectivity index (χ3n) is 4.05. The van der Waals surface area contributed by atoms with Gasteiger partial charge in [-0.05, 0) is 37.5 Å². The summed E-state index contributed by atoms with van der Waals surface area (Å²) in [4.78, 5) is 12.5. The molecule has 1 aliphatic carbocycles. The maximum Gasteiger partial charge on any atom is 0.251 e. The molecule has 0 saturated heterocycles. The molecule has 2 N–H and O–H groups in total. The first-order chi connectivity index (χ1) is 10.9. The summed E-state index contributed by atoms with van der Waals surface area (Å²) in [5.41, 5.74) is 1.17. The highest BCUT2D eigenvalue weighted by Crippen LogP contribution is 2.20. The van der Waals surface area contributed by atoms with Gasteiger partial charge in [0.05, 0.1) is 11.5 Å². The van der Waals surface area contributed by atoms with E-state index in [9.17, 15) is 13.2 Å². The van der Waals surface area contributed by atoms with Crippen molar-refractivity contribution >= 4 is 15.9 Å². The van der Waals surface area contributed by atoms with Crippen LogP contribution in [-0.2, 0) is 14.8 Å². The summed E-state index contributed by atoms with van der Waals surface area (Å²) in [6.07, 6.45) is 4.23. The predicted octanol–water partition coefficient (Wildman–Crippen LogP) is 1.59. The number of methoxy groups -OCH3 is 1. The van der Waals surface area contributed by atoms with Gasteiger partial charge in [0, 0.05) is 25.3 Å². The fraction of sp³-hybridized carbons (Fsp3) is 0.562. The zero-order chi connectivity index (χ0) is 16.9. The quantitative estimate of drug-likeness (QED) is 0.738. The van der Waals surface area contributed by atoms with Gasteiger partial charge in [-0.3, -0.25) is 4.79 Å². The number of rotatable bonds is 7. The van der Waals surface area contributed by atoms with E-state index in [1.165, 1.54) is 19.2 Å². The van der Waals surface area contributed by atoms with Gasteiger partial charge in [-0.25, -0.2) is 13.1 Å². The van der Waals surface area contributed by atoms with Gasteiger partial charge in [-0.1, -0.05) is 18.9 Å². The molecule has 1 fully saturated rings. The first-order valence-electron chi connectivity index (χ1n) is 7.84. The van der Waals surface area contributed by atoms with Gasteiger partial charge in [0.15, 0.2) is 0 Å². The van der Waals surface area contributed by atoms with Crippen LogP contribution in [0.5, 0.6) is 0 Å². The SMILES string of the molecule is COCCNS(=O)(=O)c1ccc(C)c(C(=O)NC2CCCC2)c1. The topological polar surface area (TPSA) is 84.5 Å². The first-order valence-corrected chi connectivity index (χ1v) is 9.32. The molecule has 0 bridgehead atoms. The Morgan fingerprint density at radius 3 is 2.65 bits per heavy atom. The Kier molecular flexibility index (Phi) is 6.15. The zero-order valence-electron chi connectivity index (χ0n) is 13.6. The number of ether oxygens (including phenoxy) is 1. The smallest absolute Gasteiger partial charge is 0.251 e. The van der Waals surface area contributed by atoms with Crippen molar-refractivity contribution in [2.24, 2.45) is 0 Å². The molecule has 0 aliphatic heterocycles. The van der Waals surface area contributed by atoms with Crippen molar-refractivity contribution in [2.45, 2.75) is 43.5 Å². The monoisotopic (exact) mass is 340 g/mol. The van der Waals surface area contributed by atoms with Gasteiger partial charge >= 0.3 is 0 Å². The van der Waals surface area contributed by atoms with E-state index in [-0.39, 0.29) is 23.4 Å². The Bertz CT molecular complexity index is 652. The second kappa shape index (κ2) is 7.90. The third kappa shape index (κ3) is 4.76. The Morgan fingerprint density at radius 2 is 2.00 bits per heavy atom. The van der Waals surface area contributed by atoms with E-state index in [1.54, 1.807) is 13.0 Å². The lowest BCUT2D eigenvalue weighted by atomic mass is 10.1. The number of nitrogens with one attached hydrogen (secondary N) is 2. The first kappa shape index (κ1) is 17.9. The van der Waals surface area contributed by atoms with Gasteiger partial charge in [0.1, 0.15) is 0 Å². The minimum atomic E-state index is -3.64. The molecule has 0 heterocycles. The largest absolute Gasteiger partial charge is 0.383 e. The molecule has 6 nitrogen and oxygen atoms in total. The highest BCUT2D eigenvalue weighted by molar-refractivity contribution is 7.89. The molecular weight excluding hydrogens is 316 g/mol. The Hall–Kier alpha value is -1.44. The molecule has 0 aromatic heterocycles. The van der Waals surface area contributed by atoms with Crippen LogP contribution in [0.25, 0.3) is 0 Å². The molecule has 0 spiro atoms. The third-order valence-corrected chi connectivity index (χ3v) is 5.51. The Balaban J connectivity index is 2.15. The van der Waals surface area contributed by atoms with Crippen molar-refractivity contribution in [3.05, 3.63) is 29.3 Å². The molecule has 23 heavy (non-hydrogen) atoms. The second-order valence-electron chi connectivity index (χ2n) is 5.82. The molecule has 7 heteroatoms. The van der Waals surface area contributed by atoms with Crippen LogP contribution in [0.2, 0.25) is 0 Å². The van der Waals surface area contributed by atoms with Gasteiger partial charge < -0.3 is 10.1 Å². The average Bonchev–Trinajstić information content (AvgIpc) is 3.00. The van der Waals surface area contributed by atoms with Crippen LogP contribution in [0.4, 0.5) is 0 Å². The van der Waals surface area contributed by atoms with Crippen molar-refractivity contribution in [1.29, 1.82) is 0 Å². The Morgan fingerprint density at radius 1 is 1.30 bits per heavy atom. The number of hydrogen-bond acceptors (Lipinski definition) is 4. The van der Waals surface area contributed by atoms with Crippen molar-refractivity contribution < 1.29 is 17.9 Å². The summed E-state index contributed by atoms with van der Waals surface area (Å²) < 4.78 is 31.8. The highest BCUT2D eigenvalue weighted by atomic mass is 32.2. The normalized spacial score (nSPS) is 15.7. The highest BCUT2D eigenvalue weighted by Gasteiger charge is 2.21. The van der Waals surface area contributed by atoms with Crippen LogP contribution in [0.15, 0.2) is 23.1 Å². The maximum atomic E-state index is 12.4. The number of sulfonamides is 1. The van der Waals surface area contributed by atoms with E-state index >= 15 is 0 Å². The van der Waals surface area contributed by atoms with Crippen LogP contribution in [0, 0.1) is 6.92 Å². The summed E-state index contributed by atoms with van der Waals surface area (Å²) in [6, 6.07) is 4.81. The van der Waals surface area contributed by atoms with E-state index in [4.69, 9.17) is 4.74 Å². The maximum absolute atomic E-state index is 12.4. The summed E-state index contributed by atoms with van der Waals surface area (Å²) in [6.45, 7) is 2.29. The van der Waals surface area contributed by atoms with Crippen LogP contribution >= 0.6 is 0 Å². The average molecular weight is 340 g/mol. The molecule has 2 rings (SSSR count). The van der Waals surface area contributed by atoms with E-state index in [0.717, 1.165) is 31.2 Å². The van der Waals surface area contributed by atoms with Crippen LogP contribution in [-0.4, -0.2) is 40.6 Å². The van der Waals surface area contributed by atoms with E-state index in [2.05, 4.69) is 10.0 Å². The lowest BCUT2D eigenvalue weighted by Crippen LogP contribution is -2.33. The van der Waals surface area contributed by atoms with Gasteiger partial charge in [0.2, 0.25) is 10.0 Å². The summed E-state index contributed by atoms with van der Waals surface area (Å²) in [7, 11) is -2.14. The molecule has 1 aromatic rings. The summed E-state index contributed by atoms with van der Waals surface area (Å²) >= 11 is 0. The summed E-state index contributed by atoms with van der Waals surface area (Å²) in [5, 5.41) is 2.99. The molecule has 1 saturated carbocycles. The van der Waals surface area contributed by atoms with Crippen LogP contribution < -0.4 is 10.0 Å². The number of hydrogen-bond donors (Lipinski definition) is 2. The predicted molar refractivity (Wildman–Crippen MR) is 88.0 cm³/mol. The Labute approximate surface area is 137 Å². The van der Waals surface area contributed by atoms with Crippen molar-refractivity contribution in [3.8, 4) is 0 Å². The molecule has 1 aromatic carbocycles. The van der Waals surface area contributed by atoms with Gasteiger partial charge in [-0.15, -0.1) is 0 Å². The molecular formula is C16H24N2O4S. The van der Waals surface area contributed by atoms with E-state index in [1.807, 2.05) is 0 Å². The lowest BCUT2D eigenvalue weighted by Gasteiger charge is -2.14. The van der Waals surface area contributed by atoms with Crippen molar-refractivity contribution in [3.63, 3.8) is 0 Å². The second-order valence-corrected chi connectivity index (χ2v) is 7.59. The molecule has 1 amide bonds. The number of amides is 1. The number of carbonyl (C=O) groups is 1. The minimum absolute atomic E-state index is 0.0933. The molecule has 0 atom stereocenters. The number of benzene rings is 1. The molecule has 1 aliphatic rings. The molecule has 0 radical (unpaired) electrons. The fourth-order valence-corrected chi connectivity index (χ4v) is 3.75. The zero-order valence-corrected chi connectivity index (χ0v) is 14.4. The molecule has 0 unspecified atom stereocenters. The standard InChI is InChI=1S/C16H24N2O4S/c1-12-7-8-14(23(20,21)17-9-10-22-2)11-15(12)16(19)18-13-5-3-4-6-13/h7-8,11,13,17H,3-6,9-10H2,1-2H3,(H,18,19). The van der Waals surface area contributed by atoms with E-state index < -0.39 is 10.0 Å². The van der Waals surface area contributed by atoms with Crippen molar-refractivity contribution in [2.75, 3.05) is 20.3 Å². The minimum Gasteiger partial charge on any atom is -0.383 e. The summed E-state index contributed by atoms with van der Waals surface area (Å²) in [5.74, 6) is -0.205. The van der Waals surface area contributed by atoms with Gasteiger partial charge in [0.25, 0.3) is 5.91 Å². The van der Waals surface area contributed by atoms with Crippen LogP contribution in [0.1, 0.15) is 41.6 Å². The molecule has 128 valence electrons. The number of aryl methyl sites for hydroxylation is 1. The lowest BCUT2D eigenvalue weighted by molar-refractivity contribution is 0.0937.